The third-order valence-corrected chi connectivity index (χ3v) is 4.26. The molecule has 3 nitrogen and oxygen atoms in total. The third-order valence-electron chi connectivity index (χ3n) is 4.26. The zero-order valence-corrected chi connectivity index (χ0v) is 11.7. The summed E-state index contributed by atoms with van der Waals surface area (Å²) in [5, 5.41) is 0. The number of rotatable bonds is 4. The SMILES string of the molecule is COc1c(C)cc(C2(C(C)CN)COC2)cc1C. The first-order chi connectivity index (χ1) is 8.55. The van der Waals surface area contributed by atoms with E-state index in [0.29, 0.717) is 12.5 Å². The maximum absolute atomic E-state index is 5.86. The number of nitrogens with two attached hydrogens (primary N) is 1. The minimum atomic E-state index is 0.0938. The first kappa shape index (κ1) is 13.4. The summed E-state index contributed by atoms with van der Waals surface area (Å²) in [5.41, 5.74) is 9.65. The van der Waals surface area contributed by atoms with Gasteiger partial charge in [0, 0.05) is 5.41 Å². The minimum absolute atomic E-state index is 0.0938. The molecule has 18 heavy (non-hydrogen) atoms. The first-order valence-corrected chi connectivity index (χ1v) is 6.48. The van der Waals surface area contributed by atoms with E-state index in [9.17, 15) is 0 Å². The van der Waals surface area contributed by atoms with Crippen LogP contribution in [-0.4, -0.2) is 26.9 Å². The molecule has 0 bridgehead atoms. The van der Waals surface area contributed by atoms with E-state index in [1.165, 1.54) is 16.7 Å². The monoisotopic (exact) mass is 249 g/mol. The molecule has 0 amide bonds. The van der Waals surface area contributed by atoms with E-state index in [-0.39, 0.29) is 5.41 Å². The average molecular weight is 249 g/mol. The van der Waals surface area contributed by atoms with Crippen LogP contribution in [0.2, 0.25) is 0 Å². The van der Waals surface area contributed by atoms with Gasteiger partial charge in [0.15, 0.2) is 0 Å². The highest BCUT2D eigenvalue weighted by Gasteiger charge is 2.44. The highest BCUT2D eigenvalue weighted by Crippen LogP contribution is 2.41. The van der Waals surface area contributed by atoms with E-state index >= 15 is 0 Å². The minimum Gasteiger partial charge on any atom is -0.496 e. The van der Waals surface area contributed by atoms with E-state index in [1.807, 2.05) is 0 Å². The standard InChI is InChI=1S/C15H23NO2/c1-10-5-13(6-11(2)14(10)17-4)15(8-18-9-15)12(3)7-16/h5-6,12H,7-9,16H2,1-4H3. The molecule has 1 heterocycles. The van der Waals surface area contributed by atoms with Gasteiger partial charge in [-0.2, -0.15) is 0 Å². The molecule has 2 rings (SSSR count). The predicted molar refractivity (Wildman–Crippen MR) is 73.2 cm³/mol. The van der Waals surface area contributed by atoms with Crippen molar-refractivity contribution < 1.29 is 9.47 Å². The van der Waals surface area contributed by atoms with Gasteiger partial charge in [-0.3, -0.25) is 0 Å². The van der Waals surface area contributed by atoms with Crippen LogP contribution in [-0.2, 0) is 10.2 Å². The Balaban J connectivity index is 2.44. The number of ether oxygens (including phenoxy) is 2. The molecule has 100 valence electrons. The molecule has 0 saturated carbocycles. The fourth-order valence-electron chi connectivity index (χ4n) is 2.84. The fraction of sp³-hybridized carbons (Fsp3) is 0.600. The van der Waals surface area contributed by atoms with Gasteiger partial charge in [-0.1, -0.05) is 19.1 Å². The maximum Gasteiger partial charge on any atom is 0.124 e. The van der Waals surface area contributed by atoms with Gasteiger partial charge in [-0.25, -0.2) is 0 Å². The summed E-state index contributed by atoms with van der Waals surface area (Å²) < 4.78 is 10.9. The van der Waals surface area contributed by atoms with Crippen LogP contribution in [0.1, 0.15) is 23.6 Å². The molecule has 1 aromatic rings. The average Bonchev–Trinajstić information content (AvgIpc) is 2.27. The number of methoxy groups -OCH3 is 1. The molecule has 1 aliphatic rings. The second-order valence-corrected chi connectivity index (χ2v) is 5.43. The summed E-state index contributed by atoms with van der Waals surface area (Å²) in [4.78, 5) is 0. The van der Waals surface area contributed by atoms with E-state index < -0.39 is 0 Å². The zero-order chi connectivity index (χ0) is 13.3. The van der Waals surface area contributed by atoms with Crippen LogP contribution >= 0.6 is 0 Å². The third kappa shape index (κ3) is 1.91. The summed E-state index contributed by atoms with van der Waals surface area (Å²) in [6.07, 6.45) is 0. The molecule has 1 aromatic carbocycles. The van der Waals surface area contributed by atoms with Crippen molar-refractivity contribution in [1.29, 1.82) is 0 Å². The van der Waals surface area contributed by atoms with Crippen molar-refractivity contribution >= 4 is 0 Å². The Labute approximate surface area is 109 Å². The van der Waals surface area contributed by atoms with Crippen molar-refractivity contribution in [3.05, 3.63) is 28.8 Å². The number of aryl methyl sites for hydroxylation is 2. The largest absolute Gasteiger partial charge is 0.496 e. The molecule has 0 radical (unpaired) electrons. The quantitative estimate of drug-likeness (QED) is 0.889. The highest BCUT2D eigenvalue weighted by molar-refractivity contribution is 5.46. The number of hydrogen-bond donors (Lipinski definition) is 1. The second-order valence-electron chi connectivity index (χ2n) is 5.43. The second kappa shape index (κ2) is 4.90. The molecular formula is C15H23NO2. The zero-order valence-electron chi connectivity index (χ0n) is 11.7. The molecule has 2 N–H and O–H groups in total. The number of hydrogen-bond acceptors (Lipinski definition) is 3. The van der Waals surface area contributed by atoms with Crippen LogP contribution in [0.4, 0.5) is 0 Å². The van der Waals surface area contributed by atoms with Gasteiger partial charge < -0.3 is 15.2 Å². The highest BCUT2D eigenvalue weighted by atomic mass is 16.5. The molecule has 1 unspecified atom stereocenters. The smallest absolute Gasteiger partial charge is 0.124 e. The van der Waals surface area contributed by atoms with Crippen molar-refractivity contribution in [1.82, 2.24) is 0 Å². The van der Waals surface area contributed by atoms with Crippen molar-refractivity contribution in [3.8, 4) is 5.75 Å². The van der Waals surface area contributed by atoms with Gasteiger partial charge in [0.2, 0.25) is 0 Å². The molecule has 1 saturated heterocycles. The summed E-state index contributed by atoms with van der Waals surface area (Å²) in [7, 11) is 1.72. The lowest BCUT2D eigenvalue weighted by Gasteiger charge is -2.46. The van der Waals surface area contributed by atoms with Gasteiger partial charge in [0.1, 0.15) is 5.75 Å². The normalized spacial score (nSPS) is 19.2. The lowest BCUT2D eigenvalue weighted by Crippen LogP contribution is -2.53. The summed E-state index contributed by atoms with van der Waals surface area (Å²) >= 11 is 0. The van der Waals surface area contributed by atoms with E-state index in [2.05, 4.69) is 32.9 Å². The molecular weight excluding hydrogens is 226 g/mol. The summed E-state index contributed by atoms with van der Waals surface area (Å²) in [6, 6.07) is 4.45. The Morgan fingerprint density at radius 1 is 1.33 bits per heavy atom. The van der Waals surface area contributed by atoms with Crippen LogP contribution in [0, 0.1) is 19.8 Å². The van der Waals surface area contributed by atoms with Crippen molar-refractivity contribution in [2.24, 2.45) is 11.7 Å². The van der Waals surface area contributed by atoms with E-state index in [1.54, 1.807) is 7.11 Å². The molecule has 0 aromatic heterocycles. The Bertz CT molecular complexity index is 415. The first-order valence-electron chi connectivity index (χ1n) is 6.48. The van der Waals surface area contributed by atoms with Crippen LogP contribution in [0.25, 0.3) is 0 Å². The topological polar surface area (TPSA) is 44.5 Å². The van der Waals surface area contributed by atoms with Gasteiger partial charge in [0.25, 0.3) is 0 Å². The van der Waals surface area contributed by atoms with Crippen molar-refractivity contribution in [2.75, 3.05) is 26.9 Å². The molecule has 1 fully saturated rings. The van der Waals surface area contributed by atoms with Crippen LogP contribution in [0.15, 0.2) is 12.1 Å². The van der Waals surface area contributed by atoms with Crippen LogP contribution in [0.3, 0.4) is 0 Å². The fourth-order valence-corrected chi connectivity index (χ4v) is 2.84. The lowest BCUT2D eigenvalue weighted by atomic mass is 9.68. The van der Waals surface area contributed by atoms with E-state index in [0.717, 1.165) is 19.0 Å². The Hall–Kier alpha value is -1.06. The van der Waals surface area contributed by atoms with Crippen LogP contribution < -0.4 is 10.5 Å². The van der Waals surface area contributed by atoms with Gasteiger partial charge in [-0.05, 0) is 43.0 Å². The molecule has 1 aliphatic heterocycles. The van der Waals surface area contributed by atoms with Crippen LogP contribution in [0.5, 0.6) is 5.75 Å². The van der Waals surface area contributed by atoms with Crippen molar-refractivity contribution in [2.45, 2.75) is 26.2 Å². The molecule has 1 atom stereocenters. The number of benzene rings is 1. The molecule has 0 aliphatic carbocycles. The Morgan fingerprint density at radius 2 is 1.89 bits per heavy atom. The molecule has 3 heteroatoms. The Morgan fingerprint density at radius 3 is 2.22 bits per heavy atom. The lowest BCUT2D eigenvalue weighted by molar-refractivity contribution is -0.0854. The van der Waals surface area contributed by atoms with Gasteiger partial charge >= 0.3 is 0 Å². The predicted octanol–water partition coefficient (Wildman–Crippen LogP) is 2.17. The Kier molecular flexibility index (Phi) is 3.64. The van der Waals surface area contributed by atoms with Gasteiger partial charge in [0.05, 0.1) is 20.3 Å². The molecule has 0 spiro atoms. The summed E-state index contributed by atoms with van der Waals surface area (Å²) in [5.74, 6) is 1.41. The van der Waals surface area contributed by atoms with Gasteiger partial charge in [-0.15, -0.1) is 0 Å². The maximum atomic E-state index is 5.86. The van der Waals surface area contributed by atoms with E-state index in [4.69, 9.17) is 15.2 Å². The summed E-state index contributed by atoms with van der Waals surface area (Å²) in [6.45, 7) is 8.63. The van der Waals surface area contributed by atoms with Crippen molar-refractivity contribution in [3.63, 3.8) is 0 Å².